The van der Waals surface area contributed by atoms with Crippen LogP contribution in [0.1, 0.15) is 67.7 Å². The van der Waals surface area contributed by atoms with Gasteiger partial charge in [-0.05, 0) is 78.9 Å². The molecular weight excluding hydrogens is 343 g/mol. The van der Waals surface area contributed by atoms with Crippen molar-refractivity contribution in [3.05, 3.63) is 24.3 Å². The molecule has 1 fully saturated rings. The molecule has 5 nitrogen and oxygen atoms in total. The smallest absolute Gasteiger partial charge is 0.494 e. The van der Waals surface area contributed by atoms with Crippen molar-refractivity contribution < 1.29 is 23.6 Å². The fourth-order valence-electron chi connectivity index (χ4n) is 2.65. The molecule has 1 aliphatic heterocycles. The van der Waals surface area contributed by atoms with E-state index >= 15 is 0 Å². The molecule has 1 heterocycles. The van der Waals surface area contributed by atoms with Gasteiger partial charge in [-0.25, -0.2) is 0 Å². The third kappa shape index (κ3) is 6.25. The number of unbranched alkanes of at least 4 members (excludes halogenated alkanes) is 1. The second-order valence-electron chi connectivity index (χ2n) is 9.05. The lowest BCUT2D eigenvalue weighted by molar-refractivity contribution is -0.154. The lowest BCUT2D eigenvalue weighted by atomic mass is 9.79. The molecule has 0 saturated carbocycles. The van der Waals surface area contributed by atoms with Gasteiger partial charge in [-0.1, -0.05) is 12.1 Å². The van der Waals surface area contributed by atoms with Gasteiger partial charge >= 0.3 is 13.1 Å². The maximum atomic E-state index is 11.7. The summed E-state index contributed by atoms with van der Waals surface area (Å²) in [5, 5.41) is 0. The molecule has 0 aromatic heterocycles. The average Bonchev–Trinajstić information content (AvgIpc) is 2.74. The minimum atomic E-state index is -0.424. The summed E-state index contributed by atoms with van der Waals surface area (Å²) in [7, 11) is -0.363. The van der Waals surface area contributed by atoms with Gasteiger partial charge in [0, 0.05) is 6.42 Å². The van der Waals surface area contributed by atoms with E-state index in [2.05, 4.69) is 0 Å². The number of carbonyl (C=O) groups excluding carboxylic acids is 1. The first-order valence-electron chi connectivity index (χ1n) is 9.70. The van der Waals surface area contributed by atoms with E-state index in [1.165, 1.54) is 0 Å². The van der Waals surface area contributed by atoms with Crippen molar-refractivity contribution in [2.45, 2.75) is 84.5 Å². The zero-order chi connectivity index (χ0) is 20.3. The molecule has 1 saturated heterocycles. The van der Waals surface area contributed by atoms with E-state index in [1.807, 2.05) is 72.7 Å². The van der Waals surface area contributed by atoms with E-state index in [-0.39, 0.29) is 24.3 Å². The SMILES string of the molecule is CC(C)(C)OC(=O)CCCCOc1ccc(B2OC(C)(C)C(C)(C)O2)cc1. The number of carbonyl (C=O) groups is 1. The predicted molar refractivity (Wildman–Crippen MR) is 107 cm³/mol. The summed E-state index contributed by atoms with van der Waals surface area (Å²) in [5.41, 5.74) is -0.139. The standard InChI is InChI=1S/C21H33BO5/c1-19(2,3)25-18(23)10-8-9-15-24-17-13-11-16(12-14-17)22-26-20(4,5)21(6,7)27-22/h11-14H,8-10,15H2,1-7H3. The molecule has 0 aliphatic carbocycles. The monoisotopic (exact) mass is 376 g/mol. The highest BCUT2D eigenvalue weighted by Gasteiger charge is 2.51. The summed E-state index contributed by atoms with van der Waals surface area (Å²) in [6.45, 7) is 14.4. The summed E-state index contributed by atoms with van der Waals surface area (Å²) in [6, 6.07) is 7.79. The van der Waals surface area contributed by atoms with Crippen LogP contribution in [0.15, 0.2) is 24.3 Å². The van der Waals surface area contributed by atoms with Gasteiger partial charge in [0.25, 0.3) is 0 Å². The molecule has 150 valence electrons. The zero-order valence-electron chi connectivity index (χ0n) is 17.8. The van der Waals surface area contributed by atoms with Crippen LogP contribution < -0.4 is 10.2 Å². The van der Waals surface area contributed by atoms with Crippen LogP contribution in [0.3, 0.4) is 0 Å². The average molecular weight is 376 g/mol. The van der Waals surface area contributed by atoms with Crippen molar-refractivity contribution in [3.63, 3.8) is 0 Å². The first-order chi connectivity index (χ1) is 12.4. The van der Waals surface area contributed by atoms with Gasteiger partial charge in [-0.15, -0.1) is 0 Å². The summed E-state index contributed by atoms with van der Waals surface area (Å²) < 4.78 is 23.2. The Hall–Kier alpha value is -1.53. The van der Waals surface area contributed by atoms with Crippen LogP contribution in [0.4, 0.5) is 0 Å². The highest BCUT2D eigenvalue weighted by molar-refractivity contribution is 6.62. The summed E-state index contributed by atoms with van der Waals surface area (Å²) in [6.07, 6.45) is 1.97. The second kappa shape index (κ2) is 8.23. The Bertz CT molecular complexity index is 615. The van der Waals surface area contributed by atoms with E-state index in [1.54, 1.807) is 0 Å². The number of ether oxygens (including phenoxy) is 2. The third-order valence-electron chi connectivity index (χ3n) is 4.87. The molecule has 0 atom stereocenters. The molecule has 0 unspecified atom stereocenters. The predicted octanol–water partition coefficient (Wildman–Crippen LogP) is 3.88. The molecule has 6 heteroatoms. The first kappa shape index (κ1) is 21.8. The lowest BCUT2D eigenvalue weighted by Gasteiger charge is -2.32. The van der Waals surface area contributed by atoms with Gasteiger partial charge in [0.2, 0.25) is 0 Å². The number of hydrogen-bond donors (Lipinski definition) is 0. The number of rotatable bonds is 7. The Labute approximate surface area is 163 Å². The zero-order valence-corrected chi connectivity index (χ0v) is 17.8. The molecule has 2 rings (SSSR count). The molecule has 27 heavy (non-hydrogen) atoms. The molecular formula is C21H33BO5. The summed E-state index contributed by atoms with van der Waals surface area (Å²) in [4.78, 5) is 11.7. The Morgan fingerprint density at radius 1 is 1.00 bits per heavy atom. The van der Waals surface area contributed by atoms with Gasteiger partial charge in [-0.2, -0.15) is 0 Å². The van der Waals surface area contributed by atoms with Gasteiger partial charge in [0.05, 0.1) is 17.8 Å². The quantitative estimate of drug-likeness (QED) is 0.411. The van der Waals surface area contributed by atoms with Crippen LogP contribution in [0.2, 0.25) is 0 Å². The third-order valence-corrected chi connectivity index (χ3v) is 4.87. The molecule has 1 aromatic rings. The fourth-order valence-corrected chi connectivity index (χ4v) is 2.65. The van der Waals surface area contributed by atoms with E-state index < -0.39 is 5.60 Å². The van der Waals surface area contributed by atoms with Crippen molar-refractivity contribution in [2.24, 2.45) is 0 Å². The second-order valence-corrected chi connectivity index (χ2v) is 9.05. The highest BCUT2D eigenvalue weighted by atomic mass is 16.7. The largest absolute Gasteiger partial charge is 0.494 e. The van der Waals surface area contributed by atoms with E-state index in [0.717, 1.165) is 24.1 Å². The highest BCUT2D eigenvalue weighted by Crippen LogP contribution is 2.36. The van der Waals surface area contributed by atoms with Crippen molar-refractivity contribution in [1.29, 1.82) is 0 Å². The maximum absolute atomic E-state index is 11.7. The molecule has 0 spiro atoms. The minimum absolute atomic E-state index is 0.158. The Balaban J connectivity index is 1.73. The normalized spacial score (nSPS) is 18.4. The first-order valence-corrected chi connectivity index (χ1v) is 9.70. The number of benzene rings is 1. The van der Waals surface area contributed by atoms with Crippen molar-refractivity contribution in [2.75, 3.05) is 6.61 Å². The molecule has 0 bridgehead atoms. The van der Waals surface area contributed by atoms with Gasteiger partial charge in [-0.3, -0.25) is 4.79 Å². The summed E-state index contributed by atoms with van der Waals surface area (Å²) in [5.74, 6) is 0.641. The summed E-state index contributed by atoms with van der Waals surface area (Å²) >= 11 is 0. The maximum Gasteiger partial charge on any atom is 0.494 e. The van der Waals surface area contributed by atoms with E-state index in [9.17, 15) is 4.79 Å². The molecule has 1 aromatic carbocycles. The van der Waals surface area contributed by atoms with Crippen molar-refractivity contribution in [1.82, 2.24) is 0 Å². The molecule has 0 radical (unpaired) electrons. The van der Waals surface area contributed by atoms with Gasteiger partial charge in [0.1, 0.15) is 11.4 Å². The van der Waals surface area contributed by atoms with Crippen LogP contribution in [-0.2, 0) is 18.8 Å². The fraction of sp³-hybridized carbons (Fsp3) is 0.667. The molecule has 0 N–H and O–H groups in total. The topological polar surface area (TPSA) is 54.0 Å². The van der Waals surface area contributed by atoms with Crippen LogP contribution in [0.25, 0.3) is 0 Å². The van der Waals surface area contributed by atoms with Crippen molar-refractivity contribution in [3.8, 4) is 5.75 Å². The van der Waals surface area contributed by atoms with Crippen LogP contribution in [0, 0.1) is 0 Å². The van der Waals surface area contributed by atoms with Crippen molar-refractivity contribution >= 4 is 18.6 Å². The molecule has 0 amide bonds. The molecule has 1 aliphatic rings. The van der Waals surface area contributed by atoms with Gasteiger partial charge in [0.15, 0.2) is 0 Å². The Morgan fingerprint density at radius 2 is 1.56 bits per heavy atom. The van der Waals surface area contributed by atoms with Crippen LogP contribution in [-0.4, -0.2) is 36.5 Å². The minimum Gasteiger partial charge on any atom is -0.494 e. The van der Waals surface area contributed by atoms with E-state index in [0.29, 0.717) is 13.0 Å². The Kier molecular flexibility index (Phi) is 6.64. The van der Waals surface area contributed by atoms with Gasteiger partial charge < -0.3 is 18.8 Å². The Morgan fingerprint density at radius 3 is 2.07 bits per heavy atom. The number of esters is 1. The van der Waals surface area contributed by atoms with Crippen LogP contribution in [0.5, 0.6) is 5.75 Å². The van der Waals surface area contributed by atoms with E-state index in [4.69, 9.17) is 18.8 Å². The lowest BCUT2D eigenvalue weighted by Crippen LogP contribution is -2.41. The number of hydrogen-bond acceptors (Lipinski definition) is 5. The van der Waals surface area contributed by atoms with Crippen LogP contribution >= 0.6 is 0 Å².